The number of nitrogens with zero attached hydrogens (tertiary/aromatic N) is 1. The number of likely N-dealkylation sites (tertiary alicyclic amines) is 1. The maximum Gasteiger partial charge on any atom is 0.0644 e. The topological polar surface area (TPSA) is 21.7 Å². The van der Waals surface area contributed by atoms with E-state index in [0.29, 0.717) is 6.04 Å². The van der Waals surface area contributed by atoms with Crippen LogP contribution in [0.3, 0.4) is 0 Å². The van der Waals surface area contributed by atoms with Gasteiger partial charge in [-0.2, -0.15) is 0 Å². The van der Waals surface area contributed by atoms with Gasteiger partial charge >= 0.3 is 0 Å². The fraction of sp³-hybridized carbons (Fsp3) is 0.879. The minimum Gasteiger partial charge on any atom is -0.380 e. The van der Waals surface area contributed by atoms with E-state index < -0.39 is 0 Å². The molecule has 36 heavy (non-hydrogen) atoms. The van der Waals surface area contributed by atoms with Gasteiger partial charge in [-0.15, -0.1) is 0 Å². The van der Waals surface area contributed by atoms with E-state index in [4.69, 9.17) is 9.47 Å². The Bertz CT molecular complexity index is 484. The van der Waals surface area contributed by atoms with Crippen molar-refractivity contribution in [2.45, 2.75) is 148 Å². The second kappa shape index (κ2) is 27.4. The summed E-state index contributed by atoms with van der Waals surface area (Å²) in [7, 11) is 0. The molecular formula is C33H63NO2. The predicted octanol–water partition coefficient (Wildman–Crippen LogP) is 9.66. The summed E-state index contributed by atoms with van der Waals surface area (Å²) in [5.41, 5.74) is 0. The van der Waals surface area contributed by atoms with Gasteiger partial charge in [0.2, 0.25) is 0 Å². The third-order valence-corrected chi connectivity index (χ3v) is 7.41. The monoisotopic (exact) mass is 505 g/mol. The molecule has 1 saturated heterocycles. The van der Waals surface area contributed by atoms with E-state index in [-0.39, 0.29) is 0 Å². The molecule has 1 aliphatic heterocycles. The third kappa shape index (κ3) is 21.4. The highest BCUT2D eigenvalue weighted by Gasteiger charge is 2.22. The highest BCUT2D eigenvalue weighted by Crippen LogP contribution is 2.14. The van der Waals surface area contributed by atoms with Crippen molar-refractivity contribution in [3.05, 3.63) is 24.3 Å². The summed E-state index contributed by atoms with van der Waals surface area (Å²) >= 11 is 0. The Hall–Kier alpha value is -0.640. The molecule has 0 aromatic carbocycles. The van der Waals surface area contributed by atoms with Gasteiger partial charge in [0.05, 0.1) is 19.3 Å². The fourth-order valence-corrected chi connectivity index (χ4v) is 4.98. The molecule has 0 aliphatic carbocycles. The molecule has 0 spiro atoms. The van der Waals surface area contributed by atoms with E-state index in [1.54, 1.807) is 0 Å². The summed E-state index contributed by atoms with van der Waals surface area (Å²) in [5, 5.41) is 0. The Morgan fingerprint density at radius 2 is 1.00 bits per heavy atom. The van der Waals surface area contributed by atoms with Gasteiger partial charge in [0.25, 0.3) is 0 Å². The minimum absolute atomic E-state index is 0.456. The van der Waals surface area contributed by atoms with Crippen LogP contribution in [-0.4, -0.2) is 50.5 Å². The Kier molecular flexibility index (Phi) is 25.4. The SMILES string of the molecule is CCCCC/C=C\C/C=C\CCCCCCCCOCC(COCCCCCCCC)N1CCCC1. The van der Waals surface area contributed by atoms with Gasteiger partial charge in [-0.25, -0.2) is 0 Å². The van der Waals surface area contributed by atoms with Crippen LogP contribution in [-0.2, 0) is 9.47 Å². The Morgan fingerprint density at radius 3 is 1.56 bits per heavy atom. The van der Waals surface area contributed by atoms with E-state index in [9.17, 15) is 0 Å². The molecule has 1 rings (SSSR count). The van der Waals surface area contributed by atoms with E-state index in [1.807, 2.05) is 0 Å². The standard InChI is InChI=1S/C33H63NO2/c1-3-5-7-9-11-12-13-14-15-16-17-18-19-20-22-26-30-36-32-33(34-27-23-24-28-34)31-35-29-25-21-10-8-6-4-2/h11-12,14-15,33H,3-10,13,16-32H2,1-2H3/b12-11-,15-14-. The van der Waals surface area contributed by atoms with Crippen LogP contribution >= 0.6 is 0 Å². The lowest BCUT2D eigenvalue weighted by Gasteiger charge is -2.27. The lowest BCUT2D eigenvalue weighted by atomic mass is 10.1. The molecule has 212 valence electrons. The first kappa shape index (κ1) is 33.4. The summed E-state index contributed by atoms with van der Waals surface area (Å²) in [6.07, 6.45) is 35.6. The normalized spacial score (nSPS) is 15.6. The predicted molar refractivity (Wildman–Crippen MR) is 159 cm³/mol. The van der Waals surface area contributed by atoms with Crippen LogP contribution in [0, 0.1) is 0 Å². The molecule has 1 fully saturated rings. The average molecular weight is 506 g/mol. The summed E-state index contributed by atoms with van der Waals surface area (Å²) < 4.78 is 12.2. The maximum atomic E-state index is 6.11. The highest BCUT2D eigenvalue weighted by molar-refractivity contribution is 4.92. The van der Waals surface area contributed by atoms with Crippen LogP contribution < -0.4 is 0 Å². The molecule has 0 radical (unpaired) electrons. The number of hydrogen-bond acceptors (Lipinski definition) is 3. The Labute approximate surface area is 226 Å². The lowest BCUT2D eigenvalue weighted by Crippen LogP contribution is -2.40. The van der Waals surface area contributed by atoms with Crippen LogP contribution in [0.15, 0.2) is 24.3 Å². The van der Waals surface area contributed by atoms with Crippen LogP contribution in [0.4, 0.5) is 0 Å². The van der Waals surface area contributed by atoms with Crippen LogP contribution in [0.2, 0.25) is 0 Å². The van der Waals surface area contributed by atoms with Gasteiger partial charge in [0.15, 0.2) is 0 Å². The summed E-state index contributed by atoms with van der Waals surface area (Å²) in [6, 6.07) is 0.456. The molecule has 1 unspecified atom stereocenters. The van der Waals surface area contributed by atoms with Crippen molar-refractivity contribution in [1.29, 1.82) is 0 Å². The summed E-state index contributed by atoms with van der Waals surface area (Å²) in [4.78, 5) is 2.60. The molecule has 0 bridgehead atoms. The van der Waals surface area contributed by atoms with Crippen molar-refractivity contribution in [2.24, 2.45) is 0 Å². The van der Waals surface area contributed by atoms with Crippen molar-refractivity contribution in [3.63, 3.8) is 0 Å². The highest BCUT2D eigenvalue weighted by atomic mass is 16.5. The number of rotatable bonds is 27. The molecule has 1 heterocycles. The Balaban J connectivity index is 1.93. The number of ether oxygens (including phenoxy) is 2. The smallest absolute Gasteiger partial charge is 0.0644 e. The van der Waals surface area contributed by atoms with Gasteiger partial charge in [-0.3, -0.25) is 4.90 Å². The van der Waals surface area contributed by atoms with Crippen molar-refractivity contribution >= 4 is 0 Å². The largest absolute Gasteiger partial charge is 0.380 e. The van der Waals surface area contributed by atoms with E-state index in [0.717, 1.165) is 32.8 Å². The zero-order chi connectivity index (χ0) is 25.8. The molecule has 1 aliphatic rings. The second-order valence-corrected chi connectivity index (χ2v) is 10.9. The molecule has 0 saturated carbocycles. The van der Waals surface area contributed by atoms with E-state index in [1.165, 1.54) is 135 Å². The number of hydrogen-bond donors (Lipinski definition) is 0. The minimum atomic E-state index is 0.456. The molecule has 3 heteroatoms. The first-order valence-electron chi connectivity index (χ1n) is 16.1. The molecule has 3 nitrogen and oxygen atoms in total. The van der Waals surface area contributed by atoms with Gasteiger partial charge < -0.3 is 9.47 Å². The average Bonchev–Trinajstić information content (AvgIpc) is 3.43. The van der Waals surface area contributed by atoms with Crippen molar-refractivity contribution in [3.8, 4) is 0 Å². The quantitative estimate of drug-likeness (QED) is 0.0819. The number of allylic oxidation sites excluding steroid dienone is 4. The third-order valence-electron chi connectivity index (χ3n) is 7.41. The van der Waals surface area contributed by atoms with Gasteiger partial charge in [-0.05, 0) is 70.9 Å². The van der Waals surface area contributed by atoms with E-state index in [2.05, 4.69) is 43.1 Å². The molecule has 0 aromatic rings. The lowest BCUT2D eigenvalue weighted by molar-refractivity contribution is 0.0110. The van der Waals surface area contributed by atoms with Crippen molar-refractivity contribution < 1.29 is 9.47 Å². The molecule has 1 atom stereocenters. The molecule has 0 aromatic heterocycles. The first-order chi connectivity index (χ1) is 17.9. The zero-order valence-electron chi connectivity index (χ0n) is 24.5. The van der Waals surface area contributed by atoms with Crippen molar-refractivity contribution in [1.82, 2.24) is 4.90 Å². The molecule has 0 amide bonds. The second-order valence-electron chi connectivity index (χ2n) is 10.9. The summed E-state index contributed by atoms with van der Waals surface area (Å²) in [5.74, 6) is 0. The molecular weight excluding hydrogens is 442 g/mol. The first-order valence-corrected chi connectivity index (χ1v) is 16.1. The molecule has 0 N–H and O–H groups in total. The van der Waals surface area contributed by atoms with Crippen LogP contribution in [0.5, 0.6) is 0 Å². The van der Waals surface area contributed by atoms with Gasteiger partial charge in [0, 0.05) is 13.2 Å². The van der Waals surface area contributed by atoms with Crippen LogP contribution in [0.1, 0.15) is 142 Å². The van der Waals surface area contributed by atoms with Gasteiger partial charge in [0.1, 0.15) is 0 Å². The van der Waals surface area contributed by atoms with Crippen molar-refractivity contribution in [2.75, 3.05) is 39.5 Å². The zero-order valence-corrected chi connectivity index (χ0v) is 24.5. The Morgan fingerprint density at radius 1 is 0.556 bits per heavy atom. The van der Waals surface area contributed by atoms with E-state index >= 15 is 0 Å². The van der Waals surface area contributed by atoms with Gasteiger partial charge in [-0.1, -0.05) is 109 Å². The fourth-order valence-electron chi connectivity index (χ4n) is 4.98. The van der Waals surface area contributed by atoms with Crippen LogP contribution in [0.25, 0.3) is 0 Å². The number of unbranched alkanes of at least 4 members (excludes halogenated alkanes) is 14. The summed E-state index contributed by atoms with van der Waals surface area (Å²) in [6.45, 7) is 10.5. The maximum absolute atomic E-state index is 6.11.